The Morgan fingerprint density at radius 1 is 1.67 bits per heavy atom. The Hall–Kier alpha value is -0.590. The normalized spacial score (nSPS) is 23.5. The summed E-state index contributed by atoms with van der Waals surface area (Å²) in [5.74, 6) is 1.21. The summed E-state index contributed by atoms with van der Waals surface area (Å²) in [5, 5.41) is 0. The molecule has 68 valence electrons. The zero-order valence-corrected chi connectivity index (χ0v) is 8.10. The van der Waals surface area contributed by atoms with Crippen molar-refractivity contribution < 1.29 is 4.79 Å². The number of carbonyl (C=O) groups is 1. The van der Waals surface area contributed by atoms with E-state index in [-0.39, 0.29) is 0 Å². The van der Waals surface area contributed by atoms with Gasteiger partial charge in [0.15, 0.2) is 0 Å². The Balaban J connectivity index is 2.38. The highest BCUT2D eigenvalue weighted by atomic mass is 16.1. The minimum atomic E-state index is 0.385. The van der Waals surface area contributed by atoms with Gasteiger partial charge >= 0.3 is 0 Å². The predicted molar refractivity (Wildman–Crippen MR) is 51.0 cm³/mol. The van der Waals surface area contributed by atoms with E-state index in [1.165, 1.54) is 18.4 Å². The molecule has 1 aliphatic carbocycles. The van der Waals surface area contributed by atoms with Crippen LogP contribution in [0.3, 0.4) is 0 Å². The van der Waals surface area contributed by atoms with Gasteiger partial charge in [-0.05, 0) is 25.2 Å². The van der Waals surface area contributed by atoms with Crippen LogP contribution in [0.15, 0.2) is 11.6 Å². The van der Waals surface area contributed by atoms with Crippen molar-refractivity contribution in [3.8, 4) is 0 Å². The molecule has 1 nitrogen and oxygen atoms in total. The third-order valence-electron chi connectivity index (χ3n) is 2.59. The number of ketones is 1. The van der Waals surface area contributed by atoms with Gasteiger partial charge in [0.05, 0.1) is 0 Å². The maximum atomic E-state index is 11.1. The first-order chi connectivity index (χ1) is 5.72. The fraction of sp³-hybridized carbons (Fsp3) is 0.727. The molecule has 1 rings (SSSR count). The molecule has 1 unspecified atom stereocenters. The van der Waals surface area contributed by atoms with Gasteiger partial charge in [0.1, 0.15) is 5.78 Å². The summed E-state index contributed by atoms with van der Waals surface area (Å²) in [6.07, 6.45) is 7.25. The van der Waals surface area contributed by atoms with E-state index in [1.54, 1.807) is 0 Å². The van der Waals surface area contributed by atoms with Crippen molar-refractivity contribution in [3.63, 3.8) is 0 Å². The van der Waals surface area contributed by atoms with Crippen molar-refractivity contribution in [1.29, 1.82) is 0 Å². The molecule has 1 heteroatoms. The average molecular weight is 166 g/mol. The molecule has 1 atom stereocenters. The molecule has 0 N–H and O–H groups in total. The number of rotatable bonds is 3. The molecule has 0 saturated carbocycles. The van der Waals surface area contributed by atoms with Gasteiger partial charge in [-0.1, -0.05) is 25.5 Å². The molecular weight excluding hydrogens is 148 g/mol. The topological polar surface area (TPSA) is 17.1 Å². The molecule has 0 bridgehead atoms. The third kappa shape index (κ3) is 2.80. The summed E-state index contributed by atoms with van der Waals surface area (Å²) < 4.78 is 0. The van der Waals surface area contributed by atoms with Crippen molar-refractivity contribution in [2.75, 3.05) is 0 Å². The van der Waals surface area contributed by atoms with Crippen LogP contribution in [0, 0.1) is 5.92 Å². The molecule has 0 heterocycles. The maximum absolute atomic E-state index is 11.1. The summed E-state index contributed by atoms with van der Waals surface area (Å²) in [4.78, 5) is 11.1. The number of hydrogen-bond acceptors (Lipinski definition) is 1. The molecule has 0 saturated heterocycles. The summed E-state index contributed by atoms with van der Waals surface area (Å²) in [6, 6.07) is 0. The molecule has 0 fully saturated rings. The smallest absolute Gasteiger partial charge is 0.136 e. The molecule has 1 aliphatic rings. The van der Waals surface area contributed by atoms with E-state index in [0.29, 0.717) is 18.6 Å². The van der Waals surface area contributed by atoms with Crippen molar-refractivity contribution in [2.45, 2.75) is 46.0 Å². The number of carbonyl (C=O) groups excluding carboxylic acids is 1. The molecule has 0 aromatic carbocycles. The molecule has 0 aliphatic heterocycles. The monoisotopic (exact) mass is 166 g/mol. The Labute approximate surface area is 74.9 Å². The van der Waals surface area contributed by atoms with E-state index in [9.17, 15) is 4.79 Å². The van der Waals surface area contributed by atoms with Crippen LogP contribution in [0.5, 0.6) is 0 Å². The quantitative estimate of drug-likeness (QED) is 0.589. The van der Waals surface area contributed by atoms with Crippen LogP contribution in [-0.2, 0) is 4.79 Å². The van der Waals surface area contributed by atoms with Crippen molar-refractivity contribution in [2.24, 2.45) is 5.92 Å². The van der Waals surface area contributed by atoms with Crippen molar-refractivity contribution in [3.05, 3.63) is 11.6 Å². The predicted octanol–water partition coefficient (Wildman–Crippen LogP) is 3.10. The van der Waals surface area contributed by atoms with Crippen LogP contribution in [0.25, 0.3) is 0 Å². The molecule has 0 spiro atoms. The van der Waals surface area contributed by atoms with E-state index in [1.807, 2.05) is 6.92 Å². The van der Waals surface area contributed by atoms with Gasteiger partial charge in [0.2, 0.25) is 0 Å². The summed E-state index contributed by atoms with van der Waals surface area (Å²) in [5.41, 5.74) is 1.37. The second-order valence-electron chi connectivity index (χ2n) is 3.81. The number of hydrogen-bond donors (Lipinski definition) is 0. The van der Waals surface area contributed by atoms with Crippen LogP contribution in [-0.4, -0.2) is 5.78 Å². The second kappa shape index (κ2) is 4.44. The second-order valence-corrected chi connectivity index (χ2v) is 3.81. The van der Waals surface area contributed by atoms with Crippen molar-refractivity contribution in [1.82, 2.24) is 0 Å². The van der Waals surface area contributed by atoms with E-state index in [2.05, 4.69) is 13.0 Å². The third-order valence-corrected chi connectivity index (χ3v) is 2.59. The standard InChI is InChI=1S/C11H18O/c1-3-11(12)8-10-6-4-9(2)5-7-10/h6,9H,3-5,7-8H2,1-2H3. The highest BCUT2D eigenvalue weighted by molar-refractivity contribution is 5.80. The maximum Gasteiger partial charge on any atom is 0.136 e. The molecular formula is C11H18O. The summed E-state index contributed by atoms with van der Waals surface area (Å²) >= 11 is 0. The van der Waals surface area contributed by atoms with Gasteiger partial charge in [0, 0.05) is 12.8 Å². The summed E-state index contributed by atoms with van der Waals surface area (Å²) in [7, 11) is 0. The van der Waals surface area contributed by atoms with Gasteiger partial charge in [-0.2, -0.15) is 0 Å². The Morgan fingerprint density at radius 2 is 2.42 bits per heavy atom. The van der Waals surface area contributed by atoms with Crippen LogP contribution in [0.1, 0.15) is 46.0 Å². The zero-order valence-electron chi connectivity index (χ0n) is 8.10. The first-order valence-corrected chi connectivity index (χ1v) is 4.92. The lowest BCUT2D eigenvalue weighted by Crippen LogP contribution is -2.05. The highest BCUT2D eigenvalue weighted by Crippen LogP contribution is 2.24. The molecule has 0 aromatic heterocycles. The van der Waals surface area contributed by atoms with Gasteiger partial charge in [0.25, 0.3) is 0 Å². The van der Waals surface area contributed by atoms with E-state index in [4.69, 9.17) is 0 Å². The van der Waals surface area contributed by atoms with Gasteiger partial charge in [-0.15, -0.1) is 0 Å². The van der Waals surface area contributed by atoms with Gasteiger partial charge < -0.3 is 0 Å². The lowest BCUT2D eigenvalue weighted by molar-refractivity contribution is -0.118. The Kier molecular flexibility index (Phi) is 3.51. The SMILES string of the molecule is CCC(=O)CC1=CCC(C)CC1. The molecule has 0 radical (unpaired) electrons. The molecule has 0 amide bonds. The van der Waals surface area contributed by atoms with Crippen LogP contribution < -0.4 is 0 Å². The lowest BCUT2D eigenvalue weighted by Gasteiger charge is -2.17. The Morgan fingerprint density at radius 3 is 2.92 bits per heavy atom. The lowest BCUT2D eigenvalue weighted by atomic mass is 9.89. The van der Waals surface area contributed by atoms with E-state index < -0.39 is 0 Å². The summed E-state index contributed by atoms with van der Waals surface area (Å²) in [6.45, 7) is 4.21. The first-order valence-electron chi connectivity index (χ1n) is 4.92. The van der Waals surface area contributed by atoms with Gasteiger partial charge in [-0.3, -0.25) is 4.79 Å². The average Bonchev–Trinajstić information content (AvgIpc) is 2.09. The minimum absolute atomic E-state index is 0.385. The van der Waals surface area contributed by atoms with Crippen molar-refractivity contribution >= 4 is 5.78 Å². The molecule has 12 heavy (non-hydrogen) atoms. The first kappa shape index (κ1) is 9.50. The minimum Gasteiger partial charge on any atom is -0.299 e. The van der Waals surface area contributed by atoms with Crippen LogP contribution in [0.4, 0.5) is 0 Å². The van der Waals surface area contributed by atoms with Crippen LogP contribution >= 0.6 is 0 Å². The zero-order chi connectivity index (χ0) is 8.97. The fourth-order valence-electron chi connectivity index (χ4n) is 1.56. The molecule has 0 aromatic rings. The van der Waals surface area contributed by atoms with Crippen LogP contribution in [0.2, 0.25) is 0 Å². The number of Topliss-reactive ketones (excluding diaryl/α,β-unsaturated/α-hetero) is 1. The number of allylic oxidation sites excluding steroid dienone is 2. The van der Waals surface area contributed by atoms with Gasteiger partial charge in [-0.25, -0.2) is 0 Å². The van der Waals surface area contributed by atoms with E-state index >= 15 is 0 Å². The Bertz CT molecular complexity index is 191. The largest absolute Gasteiger partial charge is 0.299 e. The van der Waals surface area contributed by atoms with E-state index in [0.717, 1.165) is 12.3 Å². The fourth-order valence-corrected chi connectivity index (χ4v) is 1.56. The highest BCUT2D eigenvalue weighted by Gasteiger charge is 2.11.